The Bertz CT molecular complexity index is 166. The van der Waals surface area contributed by atoms with Gasteiger partial charge in [0.1, 0.15) is 0 Å². The predicted octanol–water partition coefficient (Wildman–Crippen LogP) is 3.97. The zero-order valence-electron chi connectivity index (χ0n) is 7.98. The van der Waals surface area contributed by atoms with E-state index in [4.69, 9.17) is 11.6 Å². The molecule has 2 aliphatic rings. The van der Waals surface area contributed by atoms with Crippen LogP contribution in [-0.2, 0) is 0 Å². The summed E-state index contributed by atoms with van der Waals surface area (Å²) in [5.74, 6) is 1.00. The van der Waals surface area contributed by atoms with E-state index in [0.717, 1.165) is 5.92 Å². The quantitative estimate of drug-likeness (QED) is 0.503. The van der Waals surface area contributed by atoms with Crippen molar-refractivity contribution >= 4 is 11.6 Å². The van der Waals surface area contributed by atoms with Crippen molar-refractivity contribution in [3.05, 3.63) is 0 Å². The molecular weight excluding hydrogens is 168 g/mol. The molecule has 2 aliphatic carbocycles. The van der Waals surface area contributed by atoms with Crippen molar-refractivity contribution in [1.29, 1.82) is 0 Å². The Balaban J connectivity index is 2.07. The third-order valence-electron chi connectivity index (χ3n) is 4.05. The van der Waals surface area contributed by atoms with Gasteiger partial charge in [0.05, 0.1) is 0 Å². The van der Waals surface area contributed by atoms with E-state index in [2.05, 4.69) is 6.92 Å². The van der Waals surface area contributed by atoms with Crippen LogP contribution in [0.5, 0.6) is 0 Å². The fourth-order valence-electron chi connectivity index (χ4n) is 3.22. The first-order chi connectivity index (χ1) is 5.71. The fraction of sp³-hybridized carbons (Fsp3) is 1.00. The van der Waals surface area contributed by atoms with E-state index in [9.17, 15) is 0 Å². The van der Waals surface area contributed by atoms with Crippen LogP contribution in [0.1, 0.15) is 51.9 Å². The van der Waals surface area contributed by atoms with Crippen molar-refractivity contribution in [2.45, 2.75) is 57.2 Å². The largest absolute Gasteiger partial charge is 0.123 e. The smallest absolute Gasteiger partial charge is 0.0341 e. The van der Waals surface area contributed by atoms with Crippen LogP contribution in [0, 0.1) is 11.3 Å². The highest BCUT2D eigenvalue weighted by Crippen LogP contribution is 2.50. The number of alkyl halides is 1. The molecule has 12 heavy (non-hydrogen) atoms. The number of hydrogen-bond acceptors (Lipinski definition) is 0. The lowest BCUT2D eigenvalue weighted by atomic mass is 9.60. The minimum atomic E-state index is 0.476. The molecule has 0 unspecified atom stereocenters. The van der Waals surface area contributed by atoms with E-state index >= 15 is 0 Å². The zero-order chi connectivity index (χ0) is 8.60. The van der Waals surface area contributed by atoms with Gasteiger partial charge in [-0.3, -0.25) is 0 Å². The average Bonchev–Trinajstić information content (AvgIpc) is 2.02. The lowest BCUT2D eigenvalue weighted by molar-refractivity contribution is 0.0669. The van der Waals surface area contributed by atoms with Gasteiger partial charge in [-0.1, -0.05) is 19.8 Å². The molecule has 0 N–H and O–H groups in total. The molecule has 70 valence electrons. The van der Waals surface area contributed by atoms with Crippen molar-refractivity contribution in [1.82, 2.24) is 0 Å². The van der Waals surface area contributed by atoms with E-state index in [-0.39, 0.29) is 0 Å². The molecule has 1 heteroatoms. The van der Waals surface area contributed by atoms with Gasteiger partial charge in [-0.05, 0) is 43.4 Å². The van der Waals surface area contributed by atoms with Crippen molar-refractivity contribution in [2.75, 3.05) is 0 Å². The summed E-state index contributed by atoms with van der Waals surface area (Å²) in [7, 11) is 0. The fourth-order valence-corrected chi connectivity index (χ4v) is 3.70. The summed E-state index contributed by atoms with van der Waals surface area (Å²) in [4.78, 5) is 0. The van der Waals surface area contributed by atoms with E-state index in [0.29, 0.717) is 10.8 Å². The molecule has 0 aliphatic heterocycles. The molecular formula is C11H19Cl. The van der Waals surface area contributed by atoms with Crippen LogP contribution in [0.4, 0.5) is 0 Å². The molecule has 3 atom stereocenters. The van der Waals surface area contributed by atoms with Crippen LogP contribution in [0.25, 0.3) is 0 Å². The van der Waals surface area contributed by atoms with Crippen molar-refractivity contribution < 1.29 is 0 Å². The summed E-state index contributed by atoms with van der Waals surface area (Å²) in [5, 5.41) is 0.476. The third kappa shape index (κ3) is 1.51. The summed E-state index contributed by atoms with van der Waals surface area (Å²) >= 11 is 6.23. The van der Waals surface area contributed by atoms with E-state index < -0.39 is 0 Å². The molecule has 0 heterocycles. The van der Waals surface area contributed by atoms with E-state index in [1.165, 1.54) is 44.9 Å². The van der Waals surface area contributed by atoms with Gasteiger partial charge in [0, 0.05) is 5.38 Å². The molecule has 0 spiro atoms. The monoisotopic (exact) mass is 186 g/mol. The van der Waals surface area contributed by atoms with Gasteiger partial charge >= 0.3 is 0 Å². The van der Waals surface area contributed by atoms with Gasteiger partial charge in [0.2, 0.25) is 0 Å². The van der Waals surface area contributed by atoms with Gasteiger partial charge in [0.15, 0.2) is 0 Å². The van der Waals surface area contributed by atoms with Crippen LogP contribution in [0.2, 0.25) is 0 Å². The Morgan fingerprint density at radius 3 is 2.83 bits per heavy atom. The lowest BCUT2D eigenvalue weighted by Gasteiger charge is -2.46. The SMILES string of the molecule is C[C@]12CCCC[C@@H]1CC[C@H](Cl)C2. The molecule has 0 aromatic heterocycles. The highest BCUT2D eigenvalue weighted by Gasteiger charge is 2.40. The molecule has 2 rings (SSSR count). The number of fused-ring (bicyclic) bond motifs is 1. The summed E-state index contributed by atoms with van der Waals surface area (Å²) < 4.78 is 0. The van der Waals surface area contributed by atoms with Gasteiger partial charge in [0.25, 0.3) is 0 Å². The molecule has 0 radical (unpaired) electrons. The first-order valence-corrected chi connectivity index (χ1v) is 5.78. The second-order valence-electron chi connectivity index (χ2n) is 4.98. The summed E-state index contributed by atoms with van der Waals surface area (Å²) in [5.41, 5.74) is 0.614. The second-order valence-corrected chi connectivity index (χ2v) is 5.59. The lowest BCUT2D eigenvalue weighted by Crippen LogP contribution is -2.37. The Morgan fingerprint density at radius 2 is 2.00 bits per heavy atom. The minimum Gasteiger partial charge on any atom is -0.123 e. The van der Waals surface area contributed by atoms with Gasteiger partial charge in [-0.15, -0.1) is 11.6 Å². The molecule has 0 aromatic rings. The van der Waals surface area contributed by atoms with Crippen LogP contribution >= 0.6 is 11.6 Å². The summed E-state index contributed by atoms with van der Waals surface area (Å²) in [6.45, 7) is 2.46. The van der Waals surface area contributed by atoms with Crippen LogP contribution in [-0.4, -0.2) is 5.38 Å². The second kappa shape index (κ2) is 3.21. The molecule has 0 bridgehead atoms. The van der Waals surface area contributed by atoms with Crippen molar-refractivity contribution in [2.24, 2.45) is 11.3 Å². The molecule has 0 nitrogen and oxygen atoms in total. The van der Waals surface area contributed by atoms with Gasteiger partial charge in [-0.25, -0.2) is 0 Å². The van der Waals surface area contributed by atoms with Gasteiger partial charge < -0.3 is 0 Å². The van der Waals surface area contributed by atoms with Crippen molar-refractivity contribution in [3.63, 3.8) is 0 Å². The Kier molecular flexibility index (Phi) is 2.37. The van der Waals surface area contributed by atoms with Crippen LogP contribution in [0.3, 0.4) is 0 Å². The molecule has 0 amide bonds. The maximum absolute atomic E-state index is 6.23. The molecule has 0 saturated heterocycles. The number of rotatable bonds is 0. The third-order valence-corrected chi connectivity index (χ3v) is 4.42. The highest BCUT2D eigenvalue weighted by molar-refractivity contribution is 6.20. The van der Waals surface area contributed by atoms with Crippen molar-refractivity contribution in [3.8, 4) is 0 Å². The first-order valence-electron chi connectivity index (χ1n) is 5.35. The Labute approximate surface area is 80.7 Å². The maximum atomic E-state index is 6.23. The number of hydrogen-bond donors (Lipinski definition) is 0. The zero-order valence-corrected chi connectivity index (χ0v) is 8.74. The number of halogens is 1. The topological polar surface area (TPSA) is 0 Å². The molecule has 0 aromatic carbocycles. The Hall–Kier alpha value is 0.290. The molecule has 2 saturated carbocycles. The maximum Gasteiger partial charge on any atom is 0.0341 e. The van der Waals surface area contributed by atoms with Crippen LogP contribution in [0.15, 0.2) is 0 Å². The molecule has 2 fully saturated rings. The van der Waals surface area contributed by atoms with Crippen LogP contribution < -0.4 is 0 Å². The summed E-state index contributed by atoms with van der Waals surface area (Å²) in [6.07, 6.45) is 9.75. The normalized spacial score (nSPS) is 48.5. The minimum absolute atomic E-state index is 0.476. The Morgan fingerprint density at radius 1 is 1.17 bits per heavy atom. The standard InChI is InChI=1S/C11H19Cl/c1-11-7-3-2-4-9(11)5-6-10(12)8-11/h9-10H,2-8H2,1H3/t9-,10+,11-/m1/s1. The summed E-state index contributed by atoms with van der Waals surface area (Å²) in [6, 6.07) is 0. The van der Waals surface area contributed by atoms with Gasteiger partial charge in [-0.2, -0.15) is 0 Å². The average molecular weight is 187 g/mol. The highest BCUT2D eigenvalue weighted by atomic mass is 35.5. The predicted molar refractivity (Wildman–Crippen MR) is 53.6 cm³/mol. The van der Waals surface area contributed by atoms with E-state index in [1.54, 1.807) is 0 Å². The van der Waals surface area contributed by atoms with E-state index in [1.807, 2.05) is 0 Å². The first kappa shape index (κ1) is 8.87.